The molecule has 0 saturated carbocycles. The van der Waals surface area contributed by atoms with Gasteiger partial charge in [0.2, 0.25) is 0 Å². The number of pyridine rings is 1. The number of para-hydroxylation sites is 4. The van der Waals surface area contributed by atoms with Crippen molar-refractivity contribution in [1.29, 1.82) is 0 Å². The van der Waals surface area contributed by atoms with Crippen LogP contribution < -0.4 is 4.90 Å². The third kappa shape index (κ3) is 4.74. The van der Waals surface area contributed by atoms with Crippen LogP contribution in [0.15, 0.2) is 194 Å². The highest BCUT2D eigenvalue weighted by atomic mass is 15.1. The normalized spacial score (nSPS) is 11.3. The van der Waals surface area contributed by atoms with Gasteiger partial charge in [0.25, 0.3) is 0 Å². The SMILES string of the molecule is c1ccc(-c2c3ccccc3n3c2cc(-c2ccc(-c4ccc(N(c5ccccc5)c5ccccc5)cc4)cc2)c2ccccc23)cc1. The molecule has 226 valence electrons. The molecule has 2 nitrogen and oxygen atoms in total. The first-order valence-electron chi connectivity index (χ1n) is 16.4. The summed E-state index contributed by atoms with van der Waals surface area (Å²) in [5.74, 6) is 0. The van der Waals surface area contributed by atoms with Gasteiger partial charge in [-0.15, -0.1) is 0 Å². The molecule has 0 saturated heterocycles. The summed E-state index contributed by atoms with van der Waals surface area (Å²) in [4.78, 5) is 2.29. The summed E-state index contributed by atoms with van der Waals surface area (Å²) >= 11 is 0. The Morgan fingerprint density at radius 2 is 0.750 bits per heavy atom. The second kappa shape index (κ2) is 11.8. The van der Waals surface area contributed by atoms with Gasteiger partial charge in [-0.25, -0.2) is 0 Å². The van der Waals surface area contributed by atoms with Gasteiger partial charge >= 0.3 is 0 Å². The van der Waals surface area contributed by atoms with Crippen LogP contribution in [-0.2, 0) is 0 Å². The van der Waals surface area contributed by atoms with Crippen LogP contribution >= 0.6 is 0 Å². The lowest BCUT2D eigenvalue weighted by atomic mass is 9.96. The van der Waals surface area contributed by atoms with Crippen LogP contribution in [0.4, 0.5) is 17.1 Å². The summed E-state index contributed by atoms with van der Waals surface area (Å²) in [6.07, 6.45) is 0. The van der Waals surface area contributed by atoms with E-state index in [0.717, 1.165) is 17.1 Å². The summed E-state index contributed by atoms with van der Waals surface area (Å²) < 4.78 is 2.43. The first-order valence-corrected chi connectivity index (χ1v) is 16.4. The van der Waals surface area contributed by atoms with Gasteiger partial charge in [-0.1, -0.05) is 140 Å². The maximum Gasteiger partial charge on any atom is 0.0553 e. The standard InChI is InChI=1S/C46H32N2/c1-4-14-36(15-5-1)46-41-21-11-13-23-44(41)48-43-22-12-10-20-40(43)42(32-45(46)48)35-26-24-33(25-27-35)34-28-30-39(31-29-34)47(37-16-6-2-7-17-37)38-18-8-3-9-19-38/h1-32H. The van der Waals surface area contributed by atoms with Crippen molar-refractivity contribution >= 4 is 44.4 Å². The molecule has 2 aromatic heterocycles. The molecule has 9 aromatic rings. The molecule has 0 atom stereocenters. The van der Waals surface area contributed by atoms with E-state index < -0.39 is 0 Å². The molecule has 0 N–H and O–H groups in total. The van der Waals surface area contributed by atoms with Gasteiger partial charge in [-0.3, -0.25) is 0 Å². The Bertz CT molecular complexity index is 2470. The van der Waals surface area contributed by atoms with Crippen molar-refractivity contribution in [2.75, 3.05) is 4.90 Å². The van der Waals surface area contributed by atoms with Crippen LogP contribution in [0, 0.1) is 0 Å². The smallest absolute Gasteiger partial charge is 0.0553 e. The van der Waals surface area contributed by atoms with E-state index in [1.54, 1.807) is 0 Å². The fourth-order valence-corrected chi connectivity index (χ4v) is 7.16. The van der Waals surface area contributed by atoms with E-state index in [1.807, 2.05) is 0 Å². The van der Waals surface area contributed by atoms with Crippen LogP contribution in [0.25, 0.3) is 60.7 Å². The predicted octanol–water partition coefficient (Wildman–Crippen LogP) is 12.7. The second-order valence-corrected chi connectivity index (χ2v) is 12.2. The van der Waals surface area contributed by atoms with Gasteiger partial charge in [0, 0.05) is 33.4 Å². The minimum absolute atomic E-state index is 1.13. The highest BCUT2D eigenvalue weighted by Gasteiger charge is 2.18. The molecule has 2 heterocycles. The zero-order valence-electron chi connectivity index (χ0n) is 26.4. The highest BCUT2D eigenvalue weighted by molar-refractivity contribution is 6.11. The van der Waals surface area contributed by atoms with Crippen LogP contribution in [0.3, 0.4) is 0 Å². The van der Waals surface area contributed by atoms with E-state index >= 15 is 0 Å². The molecule has 0 amide bonds. The van der Waals surface area contributed by atoms with E-state index in [-0.39, 0.29) is 0 Å². The average Bonchev–Trinajstić information content (AvgIpc) is 3.51. The molecule has 0 aliphatic carbocycles. The molecule has 0 unspecified atom stereocenters. The largest absolute Gasteiger partial charge is 0.311 e. The van der Waals surface area contributed by atoms with Crippen LogP contribution in [0.5, 0.6) is 0 Å². The van der Waals surface area contributed by atoms with Crippen molar-refractivity contribution < 1.29 is 0 Å². The third-order valence-electron chi connectivity index (χ3n) is 9.37. The Kier molecular flexibility index (Phi) is 6.84. The van der Waals surface area contributed by atoms with Crippen molar-refractivity contribution in [2.24, 2.45) is 0 Å². The summed E-state index contributed by atoms with van der Waals surface area (Å²) in [6.45, 7) is 0. The van der Waals surface area contributed by atoms with Crippen molar-refractivity contribution in [3.63, 3.8) is 0 Å². The number of anilines is 3. The molecule has 48 heavy (non-hydrogen) atoms. The number of rotatable bonds is 6. The number of benzene rings is 7. The number of aromatic nitrogens is 1. The van der Waals surface area contributed by atoms with Crippen molar-refractivity contribution in [2.45, 2.75) is 0 Å². The minimum Gasteiger partial charge on any atom is -0.311 e. The van der Waals surface area contributed by atoms with Crippen LogP contribution in [-0.4, -0.2) is 4.40 Å². The molecule has 0 spiro atoms. The summed E-state index contributed by atoms with van der Waals surface area (Å²) in [6, 6.07) is 69.7. The number of hydrogen-bond acceptors (Lipinski definition) is 1. The highest BCUT2D eigenvalue weighted by Crippen LogP contribution is 2.41. The minimum atomic E-state index is 1.13. The van der Waals surface area contributed by atoms with Gasteiger partial charge in [0.1, 0.15) is 0 Å². The summed E-state index contributed by atoms with van der Waals surface area (Å²) in [7, 11) is 0. The molecule has 2 heteroatoms. The fourth-order valence-electron chi connectivity index (χ4n) is 7.16. The summed E-state index contributed by atoms with van der Waals surface area (Å²) in [5.41, 5.74) is 14.4. The van der Waals surface area contributed by atoms with Gasteiger partial charge in [0.05, 0.1) is 16.6 Å². The van der Waals surface area contributed by atoms with Gasteiger partial charge in [-0.2, -0.15) is 0 Å². The van der Waals surface area contributed by atoms with Crippen molar-refractivity contribution in [3.8, 4) is 33.4 Å². The average molecular weight is 613 g/mol. The Labute approximate surface area is 280 Å². The van der Waals surface area contributed by atoms with Crippen LogP contribution in [0.1, 0.15) is 0 Å². The first-order chi connectivity index (χ1) is 23.8. The molecular weight excluding hydrogens is 581 g/mol. The Hall–Kier alpha value is -6.38. The molecule has 0 bridgehead atoms. The molecule has 9 rings (SSSR count). The maximum absolute atomic E-state index is 2.43. The quantitative estimate of drug-likeness (QED) is 0.181. The molecule has 0 fully saturated rings. The summed E-state index contributed by atoms with van der Waals surface area (Å²) in [5, 5.41) is 2.51. The molecule has 7 aromatic carbocycles. The van der Waals surface area contributed by atoms with Gasteiger partial charge in [0.15, 0.2) is 0 Å². The molecular formula is C46H32N2. The third-order valence-corrected chi connectivity index (χ3v) is 9.37. The maximum atomic E-state index is 2.43. The lowest BCUT2D eigenvalue weighted by Gasteiger charge is -2.25. The fraction of sp³-hybridized carbons (Fsp3) is 0. The molecule has 0 aliphatic rings. The zero-order chi connectivity index (χ0) is 31.9. The van der Waals surface area contributed by atoms with Crippen molar-refractivity contribution in [3.05, 3.63) is 194 Å². The van der Waals surface area contributed by atoms with E-state index in [1.165, 1.54) is 60.7 Å². The van der Waals surface area contributed by atoms with Crippen LogP contribution in [0.2, 0.25) is 0 Å². The Morgan fingerprint density at radius 3 is 1.35 bits per heavy atom. The number of nitrogens with zero attached hydrogens (tertiary/aromatic N) is 2. The molecule has 0 aliphatic heterocycles. The zero-order valence-corrected chi connectivity index (χ0v) is 26.4. The Morgan fingerprint density at radius 1 is 0.312 bits per heavy atom. The molecule has 0 radical (unpaired) electrons. The topological polar surface area (TPSA) is 7.65 Å². The predicted molar refractivity (Wildman–Crippen MR) is 203 cm³/mol. The van der Waals surface area contributed by atoms with E-state index in [0.29, 0.717) is 0 Å². The van der Waals surface area contributed by atoms with Crippen molar-refractivity contribution in [1.82, 2.24) is 4.40 Å². The van der Waals surface area contributed by atoms with E-state index in [4.69, 9.17) is 0 Å². The monoisotopic (exact) mass is 612 g/mol. The number of fused-ring (bicyclic) bond motifs is 5. The lowest BCUT2D eigenvalue weighted by molar-refractivity contribution is 1.28. The van der Waals surface area contributed by atoms with E-state index in [2.05, 4.69) is 203 Å². The Balaban J connectivity index is 1.13. The van der Waals surface area contributed by atoms with Gasteiger partial charge < -0.3 is 9.30 Å². The second-order valence-electron chi connectivity index (χ2n) is 12.2. The lowest BCUT2D eigenvalue weighted by Crippen LogP contribution is -2.09. The first kappa shape index (κ1) is 27.9. The number of hydrogen-bond donors (Lipinski definition) is 0. The van der Waals surface area contributed by atoms with Gasteiger partial charge in [-0.05, 0) is 82.4 Å². The van der Waals surface area contributed by atoms with E-state index in [9.17, 15) is 0 Å².